The van der Waals surface area contributed by atoms with Crippen molar-refractivity contribution in [3.8, 4) is 11.5 Å². The molecule has 1 rings (SSSR count). The highest BCUT2D eigenvalue weighted by atomic mass is 19.1. The molecule has 0 saturated heterocycles. The molecule has 0 aliphatic rings. The van der Waals surface area contributed by atoms with Crippen molar-refractivity contribution in [1.82, 2.24) is 0 Å². The molecule has 0 saturated carbocycles. The van der Waals surface area contributed by atoms with Gasteiger partial charge in [-0.2, -0.15) is 0 Å². The minimum atomic E-state index is -0.785. The smallest absolute Gasteiger partial charge is 0.194 e. The summed E-state index contributed by atoms with van der Waals surface area (Å²) in [7, 11) is 1.35. The average molecular weight is 212 g/mol. The maximum Gasteiger partial charge on any atom is 0.194 e. The highest BCUT2D eigenvalue weighted by molar-refractivity contribution is 5.78. The van der Waals surface area contributed by atoms with Crippen molar-refractivity contribution in [3.63, 3.8) is 0 Å². The van der Waals surface area contributed by atoms with E-state index in [4.69, 9.17) is 4.74 Å². The molecule has 0 aliphatic carbocycles. The number of carbonyl (C=O) groups excluding carboxylic acids is 1. The monoisotopic (exact) mass is 212 g/mol. The Morgan fingerprint density at radius 1 is 1.60 bits per heavy atom. The largest absolute Gasteiger partial charge is 0.502 e. The third kappa shape index (κ3) is 2.26. The Kier molecular flexibility index (Phi) is 3.29. The third-order valence-corrected chi connectivity index (χ3v) is 2.10. The second-order valence-electron chi connectivity index (χ2n) is 3.43. The predicted octanol–water partition coefficient (Wildman–Crippen LogP) is 1.98. The van der Waals surface area contributed by atoms with Crippen LogP contribution in [0, 0.1) is 12.7 Å². The lowest BCUT2D eigenvalue weighted by Crippen LogP contribution is -2.02. The van der Waals surface area contributed by atoms with E-state index in [0.29, 0.717) is 5.56 Å². The number of phenols is 1. The zero-order valence-corrected chi connectivity index (χ0v) is 8.93. The molecule has 3 nitrogen and oxygen atoms in total. The molecule has 1 N–H and O–H groups in total. The summed E-state index contributed by atoms with van der Waals surface area (Å²) < 4.78 is 18.3. The number of hydrogen-bond donors (Lipinski definition) is 1. The maximum absolute atomic E-state index is 13.5. The number of rotatable bonds is 3. The van der Waals surface area contributed by atoms with E-state index in [1.54, 1.807) is 6.92 Å². The van der Waals surface area contributed by atoms with Crippen LogP contribution in [0.3, 0.4) is 0 Å². The Balaban J connectivity index is 3.27. The molecule has 1 aromatic rings. The lowest BCUT2D eigenvalue weighted by atomic mass is 10.0. The fourth-order valence-corrected chi connectivity index (χ4v) is 1.48. The van der Waals surface area contributed by atoms with Crippen LogP contribution < -0.4 is 4.74 Å². The number of carbonyl (C=O) groups is 1. The molecular weight excluding hydrogens is 199 g/mol. The van der Waals surface area contributed by atoms with Crippen molar-refractivity contribution in [2.75, 3.05) is 7.11 Å². The van der Waals surface area contributed by atoms with Gasteiger partial charge < -0.3 is 9.84 Å². The van der Waals surface area contributed by atoms with Crippen LogP contribution >= 0.6 is 0 Å². The van der Waals surface area contributed by atoms with Crippen molar-refractivity contribution in [3.05, 3.63) is 23.0 Å². The van der Waals surface area contributed by atoms with E-state index >= 15 is 0 Å². The van der Waals surface area contributed by atoms with Gasteiger partial charge in [-0.1, -0.05) is 0 Å². The molecule has 0 aromatic heterocycles. The summed E-state index contributed by atoms with van der Waals surface area (Å²) in [6, 6.07) is 1.51. The second-order valence-corrected chi connectivity index (χ2v) is 3.43. The molecular formula is C11H13FO3. The molecule has 0 unspecified atom stereocenters. The van der Waals surface area contributed by atoms with Gasteiger partial charge in [-0.05, 0) is 31.0 Å². The molecule has 0 spiro atoms. The molecule has 1 aromatic carbocycles. The van der Waals surface area contributed by atoms with Crippen molar-refractivity contribution in [2.45, 2.75) is 20.3 Å². The summed E-state index contributed by atoms with van der Waals surface area (Å²) in [6.07, 6.45) is -0.0236. The first-order valence-corrected chi connectivity index (χ1v) is 4.51. The van der Waals surface area contributed by atoms with E-state index in [1.807, 2.05) is 0 Å². The van der Waals surface area contributed by atoms with Crippen LogP contribution in [-0.4, -0.2) is 18.0 Å². The van der Waals surface area contributed by atoms with Gasteiger partial charge in [0.25, 0.3) is 0 Å². The Labute approximate surface area is 87.5 Å². The van der Waals surface area contributed by atoms with Gasteiger partial charge in [0.15, 0.2) is 17.3 Å². The molecule has 0 fully saturated rings. The summed E-state index contributed by atoms with van der Waals surface area (Å²) in [4.78, 5) is 10.9. The third-order valence-electron chi connectivity index (χ3n) is 2.10. The normalized spacial score (nSPS) is 10.1. The molecule has 0 aliphatic heterocycles. The first-order valence-electron chi connectivity index (χ1n) is 4.51. The van der Waals surface area contributed by atoms with E-state index in [2.05, 4.69) is 0 Å². The lowest BCUT2D eigenvalue weighted by Gasteiger charge is -2.10. The zero-order chi connectivity index (χ0) is 11.6. The van der Waals surface area contributed by atoms with E-state index in [-0.39, 0.29) is 23.5 Å². The predicted molar refractivity (Wildman–Crippen MR) is 53.7 cm³/mol. The number of methoxy groups -OCH3 is 1. The van der Waals surface area contributed by atoms with Crippen molar-refractivity contribution >= 4 is 5.78 Å². The van der Waals surface area contributed by atoms with Gasteiger partial charge in [0.05, 0.1) is 7.11 Å². The van der Waals surface area contributed by atoms with Crippen LogP contribution in [0.15, 0.2) is 6.07 Å². The van der Waals surface area contributed by atoms with Crippen LogP contribution in [0.25, 0.3) is 0 Å². The minimum Gasteiger partial charge on any atom is -0.502 e. The molecule has 82 valence electrons. The van der Waals surface area contributed by atoms with Gasteiger partial charge in [-0.15, -0.1) is 0 Å². The standard InChI is InChI=1S/C11H13FO3/c1-6-4-8(5-7(2)13)9(12)10(14)11(6)15-3/h4,14H,5H2,1-3H3. The fourth-order valence-electron chi connectivity index (χ4n) is 1.48. The zero-order valence-electron chi connectivity index (χ0n) is 8.93. The van der Waals surface area contributed by atoms with Gasteiger partial charge in [0.1, 0.15) is 5.78 Å². The Morgan fingerprint density at radius 3 is 2.67 bits per heavy atom. The summed E-state index contributed by atoms with van der Waals surface area (Å²) in [6.45, 7) is 3.05. The summed E-state index contributed by atoms with van der Waals surface area (Å²) >= 11 is 0. The van der Waals surface area contributed by atoms with Gasteiger partial charge in [0.2, 0.25) is 0 Å². The highest BCUT2D eigenvalue weighted by Crippen LogP contribution is 2.34. The quantitative estimate of drug-likeness (QED) is 0.833. The lowest BCUT2D eigenvalue weighted by molar-refractivity contribution is -0.116. The van der Waals surface area contributed by atoms with Gasteiger partial charge in [-0.25, -0.2) is 4.39 Å². The van der Waals surface area contributed by atoms with Crippen molar-refractivity contribution in [2.24, 2.45) is 0 Å². The topological polar surface area (TPSA) is 46.5 Å². The first-order chi connectivity index (χ1) is 6.97. The first kappa shape index (κ1) is 11.5. The van der Waals surface area contributed by atoms with Crippen LogP contribution in [-0.2, 0) is 11.2 Å². The number of Topliss-reactive ketones (excluding diaryl/α,β-unsaturated/α-hetero) is 1. The molecule has 0 heterocycles. The molecule has 15 heavy (non-hydrogen) atoms. The number of phenolic OH excluding ortho intramolecular Hbond substituents is 1. The van der Waals surface area contributed by atoms with E-state index in [1.165, 1.54) is 20.1 Å². The van der Waals surface area contributed by atoms with Crippen LogP contribution in [0.5, 0.6) is 11.5 Å². The maximum atomic E-state index is 13.5. The number of ether oxygens (including phenoxy) is 1. The Hall–Kier alpha value is -1.58. The van der Waals surface area contributed by atoms with Crippen LogP contribution in [0.4, 0.5) is 4.39 Å². The Morgan fingerprint density at radius 2 is 2.20 bits per heavy atom. The van der Waals surface area contributed by atoms with E-state index in [0.717, 1.165) is 0 Å². The highest BCUT2D eigenvalue weighted by Gasteiger charge is 2.16. The number of halogens is 1. The number of aryl methyl sites for hydroxylation is 1. The number of ketones is 1. The van der Waals surface area contributed by atoms with Crippen molar-refractivity contribution < 1.29 is 19.0 Å². The number of benzene rings is 1. The number of hydrogen-bond acceptors (Lipinski definition) is 3. The van der Waals surface area contributed by atoms with Crippen LogP contribution in [0.1, 0.15) is 18.1 Å². The van der Waals surface area contributed by atoms with Crippen LogP contribution in [0.2, 0.25) is 0 Å². The fraction of sp³-hybridized carbons (Fsp3) is 0.364. The van der Waals surface area contributed by atoms with Gasteiger partial charge >= 0.3 is 0 Å². The SMILES string of the molecule is COc1c(C)cc(CC(C)=O)c(F)c1O. The summed E-state index contributed by atoms with van der Waals surface area (Å²) in [5.74, 6) is -1.36. The average Bonchev–Trinajstić information content (AvgIpc) is 2.14. The van der Waals surface area contributed by atoms with Gasteiger partial charge in [-0.3, -0.25) is 4.79 Å². The minimum absolute atomic E-state index is 0.0236. The number of aromatic hydroxyl groups is 1. The van der Waals surface area contributed by atoms with Crippen molar-refractivity contribution in [1.29, 1.82) is 0 Å². The molecule has 0 radical (unpaired) electrons. The summed E-state index contributed by atoms with van der Waals surface area (Å²) in [5.41, 5.74) is 0.797. The van der Waals surface area contributed by atoms with Gasteiger partial charge in [0, 0.05) is 6.42 Å². The Bertz CT molecular complexity index is 399. The second kappa shape index (κ2) is 4.29. The van der Waals surface area contributed by atoms with E-state index < -0.39 is 11.6 Å². The summed E-state index contributed by atoms with van der Waals surface area (Å²) in [5, 5.41) is 9.46. The van der Waals surface area contributed by atoms with E-state index in [9.17, 15) is 14.3 Å². The molecule has 4 heteroatoms. The molecule has 0 amide bonds. The molecule has 0 bridgehead atoms. The molecule has 0 atom stereocenters.